The lowest BCUT2D eigenvalue weighted by atomic mass is 10.0. The van der Waals surface area contributed by atoms with Gasteiger partial charge in [0.25, 0.3) is 0 Å². The van der Waals surface area contributed by atoms with E-state index in [1.54, 1.807) is 70.1 Å². The molecule has 8 rings (SSSR count). The summed E-state index contributed by atoms with van der Waals surface area (Å²) in [4.78, 5) is 31.3. The Balaban J connectivity index is 0.000000189. The Morgan fingerprint density at radius 2 is 1.10 bits per heavy atom. The summed E-state index contributed by atoms with van der Waals surface area (Å²) in [6.07, 6.45) is 5.86. The van der Waals surface area contributed by atoms with E-state index < -0.39 is 31.6 Å². The van der Waals surface area contributed by atoms with Crippen LogP contribution in [0.2, 0.25) is 0 Å². The fourth-order valence-corrected chi connectivity index (χ4v) is 10.7. The van der Waals surface area contributed by atoms with Gasteiger partial charge in [-0.2, -0.15) is 0 Å². The first-order valence-electron chi connectivity index (χ1n) is 19.3. The molecule has 0 amide bonds. The number of aromatic nitrogens is 4. The van der Waals surface area contributed by atoms with Crippen molar-refractivity contribution < 1.29 is 41.2 Å². The minimum atomic E-state index is -3.28. The predicted molar refractivity (Wildman–Crippen MR) is 244 cm³/mol. The number of aryl methyl sites for hydroxylation is 2. The fraction of sp³-hybridized carbons (Fsp3) is 0.174. The number of carbonyl (C=O) groups is 2. The first-order chi connectivity index (χ1) is 29.8. The van der Waals surface area contributed by atoms with E-state index in [0.717, 1.165) is 80.7 Å². The van der Waals surface area contributed by atoms with Crippen molar-refractivity contribution in [3.8, 4) is 22.3 Å². The molecule has 0 saturated carbocycles. The summed E-state index contributed by atoms with van der Waals surface area (Å²) >= 11 is 2.97. The highest BCUT2D eigenvalue weighted by atomic mass is 32.2. The van der Waals surface area contributed by atoms with Crippen LogP contribution in [-0.4, -0.2) is 70.8 Å². The Bertz CT molecular complexity index is 3250. The number of hydrogen-bond donors (Lipinski definition) is 2. The van der Waals surface area contributed by atoms with Crippen molar-refractivity contribution in [1.29, 1.82) is 0 Å². The molecule has 0 saturated heterocycles. The predicted octanol–water partition coefficient (Wildman–Crippen LogP) is 9.51. The molecule has 0 aliphatic heterocycles. The molecular formula is C46H42N4O9S4. The van der Waals surface area contributed by atoms with E-state index in [1.165, 1.54) is 36.0 Å². The number of nitrogens with zero attached hydrogens (tertiary/aromatic N) is 4. The maximum absolute atomic E-state index is 11.8. The van der Waals surface area contributed by atoms with E-state index in [4.69, 9.17) is 4.52 Å². The lowest BCUT2D eigenvalue weighted by molar-refractivity contribution is -0.138. The van der Waals surface area contributed by atoms with Crippen LogP contribution in [0.5, 0.6) is 0 Å². The zero-order valence-corrected chi connectivity index (χ0v) is 38.2. The van der Waals surface area contributed by atoms with Crippen molar-refractivity contribution in [1.82, 2.24) is 19.3 Å². The summed E-state index contributed by atoms with van der Waals surface area (Å²) < 4.78 is 55.9. The van der Waals surface area contributed by atoms with Crippen LogP contribution in [0.4, 0.5) is 0 Å². The molecule has 4 heterocycles. The second-order valence-corrected chi connectivity index (χ2v) is 21.1. The fourth-order valence-electron chi connectivity index (χ4n) is 7.35. The topological polar surface area (TPSA) is 192 Å². The first kappa shape index (κ1) is 44.9. The van der Waals surface area contributed by atoms with Gasteiger partial charge in [-0.25, -0.2) is 16.8 Å². The van der Waals surface area contributed by atoms with Crippen LogP contribution in [0.25, 0.3) is 44.1 Å². The summed E-state index contributed by atoms with van der Waals surface area (Å²) in [5.41, 5.74) is 7.93. The summed E-state index contributed by atoms with van der Waals surface area (Å²) in [7, 11) is -6.54. The van der Waals surface area contributed by atoms with Crippen molar-refractivity contribution in [3.05, 3.63) is 132 Å². The minimum absolute atomic E-state index is 0.137. The molecule has 4 aromatic carbocycles. The Morgan fingerprint density at radius 1 is 0.635 bits per heavy atom. The van der Waals surface area contributed by atoms with Crippen LogP contribution in [0.3, 0.4) is 0 Å². The van der Waals surface area contributed by atoms with Gasteiger partial charge < -0.3 is 23.9 Å². The van der Waals surface area contributed by atoms with Crippen LogP contribution in [0.15, 0.2) is 143 Å². The minimum Gasteiger partial charge on any atom is -0.480 e. The quantitative estimate of drug-likeness (QED) is 0.118. The third-order valence-corrected chi connectivity index (χ3v) is 15.1. The van der Waals surface area contributed by atoms with Crippen molar-refractivity contribution in [3.63, 3.8) is 0 Å². The molecule has 13 nitrogen and oxygen atoms in total. The average molecular weight is 923 g/mol. The third-order valence-electron chi connectivity index (χ3n) is 10.4. The van der Waals surface area contributed by atoms with Crippen molar-refractivity contribution >= 4 is 76.9 Å². The molecule has 0 atom stereocenters. The Hall–Kier alpha value is -6.14. The van der Waals surface area contributed by atoms with E-state index in [-0.39, 0.29) is 22.9 Å². The number of fused-ring (bicyclic) bond motifs is 2. The third kappa shape index (κ3) is 9.76. The number of rotatable bonds is 12. The monoisotopic (exact) mass is 922 g/mol. The second-order valence-electron chi connectivity index (χ2n) is 14.9. The van der Waals surface area contributed by atoms with E-state index in [2.05, 4.69) is 10.1 Å². The van der Waals surface area contributed by atoms with E-state index in [1.807, 2.05) is 76.2 Å². The van der Waals surface area contributed by atoms with E-state index in [9.17, 15) is 36.6 Å². The highest BCUT2D eigenvalue weighted by Crippen LogP contribution is 2.42. The van der Waals surface area contributed by atoms with Crippen LogP contribution in [0.1, 0.15) is 22.8 Å². The van der Waals surface area contributed by atoms with Crippen LogP contribution in [-0.2, 0) is 42.4 Å². The molecule has 0 unspecified atom stereocenters. The molecular weight excluding hydrogens is 881 g/mol. The number of carboxylic acids is 2. The Kier molecular flexibility index (Phi) is 12.8. The van der Waals surface area contributed by atoms with Crippen molar-refractivity contribution in [2.45, 2.75) is 70.2 Å². The van der Waals surface area contributed by atoms with E-state index in [0.29, 0.717) is 5.76 Å². The van der Waals surface area contributed by atoms with Gasteiger partial charge in [0.1, 0.15) is 18.8 Å². The number of aliphatic carboxylic acids is 2. The Morgan fingerprint density at radius 3 is 1.49 bits per heavy atom. The zero-order valence-electron chi connectivity index (χ0n) is 35.0. The number of carboxylic acid groups (broad SMARTS) is 2. The molecule has 63 heavy (non-hydrogen) atoms. The largest absolute Gasteiger partial charge is 0.480 e. The van der Waals surface area contributed by atoms with Gasteiger partial charge in [-0.15, -0.1) is 0 Å². The molecule has 8 aromatic rings. The average Bonchev–Trinajstić information content (AvgIpc) is 3.80. The molecule has 0 aliphatic carbocycles. The van der Waals surface area contributed by atoms with Gasteiger partial charge in [-0.1, -0.05) is 46.9 Å². The van der Waals surface area contributed by atoms with Crippen LogP contribution < -0.4 is 0 Å². The number of pyridine rings is 1. The maximum Gasteiger partial charge on any atom is 0.323 e. The van der Waals surface area contributed by atoms with Gasteiger partial charge in [-0.3, -0.25) is 14.6 Å². The van der Waals surface area contributed by atoms with Crippen molar-refractivity contribution in [2.24, 2.45) is 0 Å². The van der Waals surface area contributed by atoms with Gasteiger partial charge >= 0.3 is 11.9 Å². The van der Waals surface area contributed by atoms with Crippen LogP contribution >= 0.6 is 23.5 Å². The summed E-state index contributed by atoms with van der Waals surface area (Å²) in [5, 5.41) is 24.7. The molecule has 2 N–H and O–H groups in total. The zero-order chi connectivity index (χ0) is 45.4. The molecule has 4 aromatic heterocycles. The standard InChI is InChI=1S/C23H22N2O5S2.C23H20N2O4S2/c1-13-22(15(3)30-24-13)16-5-10-20-19(11-16)23(14(2)25(20)12-21(26)27)31-17-6-8-18(9-7-17)32(4,28)29;1-15-23(30-18-6-8-19(9-7-18)31(2,28)29)20-12-16(17-4-3-11-24-13-17)5-10-21(20)25(15)14-22(26)27/h5-11H,12H2,1-4H3,(H,26,27);3-13H,14H2,1-2H3,(H,26,27). The first-order valence-corrected chi connectivity index (χ1v) is 24.7. The van der Waals surface area contributed by atoms with Gasteiger partial charge in [0, 0.05) is 88.8 Å². The SMILES string of the molecule is Cc1c(Sc2ccc(S(C)(=O)=O)cc2)c2cc(-c3cccnc3)ccc2n1CC(=O)O.Cc1noc(C)c1-c1ccc2c(c1)c(Sc1ccc(S(C)(=O)=O)cc1)c(C)n2CC(=O)O. The lowest BCUT2D eigenvalue weighted by Crippen LogP contribution is -2.09. The molecule has 324 valence electrons. The number of sulfone groups is 2. The molecule has 0 bridgehead atoms. The second kappa shape index (κ2) is 17.9. The lowest BCUT2D eigenvalue weighted by Gasteiger charge is -2.06. The smallest absolute Gasteiger partial charge is 0.323 e. The molecule has 17 heteroatoms. The summed E-state index contributed by atoms with van der Waals surface area (Å²) in [6, 6.07) is 29.1. The summed E-state index contributed by atoms with van der Waals surface area (Å²) in [5.74, 6) is -1.12. The Labute approximate surface area is 372 Å². The number of hydrogen-bond acceptors (Lipinski definition) is 11. The molecule has 0 radical (unpaired) electrons. The highest BCUT2D eigenvalue weighted by Gasteiger charge is 2.21. The van der Waals surface area contributed by atoms with Gasteiger partial charge in [0.2, 0.25) is 0 Å². The summed E-state index contributed by atoms with van der Waals surface area (Å²) in [6.45, 7) is 7.25. The maximum atomic E-state index is 11.8. The molecule has 0 aliphatic rings. The highest BCUT2D eigenvalue weighted by molar-refractivity contribution is 8.00. The normalized spacial score (nSPS) is 11.8. The van der Waals surface area contributed by atoms with E-state index >= 15 is 0 Å². The van der Waals surface area contributed by atoms with Gasteiger partial charge in [0.15, 0.2) is 19.7 Å². The van der Waals surface area contributed by atoms with Gasteiger partial charge in [0.05, 0.1) is 15.5 Å². The molecule has 0 fully saturated rings. The molecule has 0 spiro atoms. The van der Waals surface area contributed by atoms with Crippen LogP contribution in [0, 0.1) is 27.7 Å². The van der Waals surface area contributed by atoms with Gasteiger partial charge in [-0.05, 0) is 118 Å². The number of benzene rings is 4. The van der Waals surface area contributed by atoms with Crippen molar-refractivity contribution in [2.75, 3.05) is 12.5 Å².